The van der Waals surface area contributed by atoms with Crippen molar-refractivity contribution in [1.82, 2.24) is 10.3 Å². The monoisotopic (exact) mass is 403 g/mol. The maximum atomic E-state index is 6.01. The number of pyridine rings is 1. The standard InChI is InChI=1S/C25H29N3O2/c1-29-23-11-9-21(15-24(23)30-19-20-7-3-2-4-8-20)16-26-17-22-10-12-25(27-18-22)28-13-5-6-14-28/h2-4,7-12,15,18,26H,5-6,13-14,16-17,19H2,1H3. The molecule has 2 heterocycles. The number of ether oxygens (including phenoxy) is 2. The van der Waals surface area contributed by atoms with Gasteiger partial charge >= 0.3 is 0 Å². The molecule has 4 rings (SSSR count). The van der Waals surface area contributed by atoms with Crippen LogP contribution in [-0.2, 0) is 19.7 Å². The Morgan fingerprint density at radius 1 is 0.867 bits per heavy atom. The van der Waals surface area contributed by atoms with E-state index in [0.29, 0.717) is 6.61 Å². The number of nitrogens with one attached hydrogen (secondary N) is 1. The second kappa shape index (κ2) is 10.1. The third-order valence-corrected chi connectivity index (χ3v) is 5.36. The van der Waals surface area contributed by atoms with E-state index in [1.54, 1.807) is 7.11 Å². The summed E-state index contributed by atoms with van der Waals surface area (Å²) >= 11 is 0. The predicted molar refractivity (Wildman–Crippen MR) is 120 cm³/mol. The van der Waals surface area contributed by atoms with Crippen molar-refractivity contribution >= 4 is 5.82 Å². The number of aromatic nitrogens is 1. The van der Waals surface area contributed by atoms with Crippen LogP contribution in [0.25, 0.3) is 0 Å². The molecule has 0 bridgehead atoms. The van der Waals surface area contributed by atoms with Crippen LogP contribution in [-0.4, -0.2) is 25.2 Å². The van der Waals surface area contributed by atoms with Crippen LogP contribution in [0.5, 0.6) is 11.5 Å². The van der Waals surface area contributed by atoms with Gasteiger partial charge in [-0.1, -0.05) is 42.5 Å². The van der Waals surface area contributed by atoms with Crippen LogP contribution in [0.2, 0.25) is 0 Å². The summed E-state index contributed by atoms with van der Waals surface area (Å²) in [7, 11) is 1.67. The van der Waals surface area contributed by atoms with Gasteiger partial charge in [-0.3, -0.25) is 0 Å². The molecule has 1 N–H and O–H groups in total. The van der Waals surface area contributed by atoms with Gasteiger partial charge in [-0.15, -0.1) is 0 Å². The molecule has 0 saturated carbocycles. The molecule has 3 aromatic rings. The van der Waals surface area contributed by atoms with E-state index >= 15 is 0 Å². The highest BCUT2D eigenvalue weighted by Gasteiger charge is 2.13. The fourth-order valence-corrected chi connectivity index (χ4v) is 3.68. The van der Waals surface area contributed by atoms with Crippen molar-refractivity contribution in [1.29, 1.82) is 0 Å². The molecule has 5 heteroatoms. The van der Waals surface area contributed by atoms with Gasteiger partial charge in [-0.25, -0.2) is 4.98 Å². The van der Waals surface area contributed by atoms with Crippen LogP contribution < -0.4 is 19.7 Å². The number of anilines is 1. The number of nitrogens with zero attached hydrogens (tertiary/aromatic N) is 2. The van der Waals surface area contributed by atoms with E-state index in [2.05, 4.69) is 45.5 Å². The SMILES string of the molecule is COc1ccc(CNCc2ccc(N3CCCC3)nc2)cc1OCc1ccccc1. The maximum absolute atomic E-state index is 6.01. The van der Waals surface area contributed by atoms with E-state index in [4.69, 9.17) is 9.47 Å². The Kier molecular flexibility index (Phi) is 6.83. The molecule has 1 aliphatic rings. The summed E-state index contributed by atoms with van der Waals surface area (Å²) in [4.78, 5) is 6.98. The smallest absolute Gasteiger partial charge is 0.161 e. The van der Waals surface area contributed by atoms with Gasteiger partial charge in [0.2, 0.25) is 0 Å². The first kappa shape index (κ1) is 20.2. The number of benzene rings is 2. The molecule has 0 aliphatic carbocycles. The minimum absolute atomic E-state index is 0.517. The molecule has 1 fully saturated rings. The Labute approximate surface area is 178 Å². The summed E-state index contributed by atoms with van der Waals surface area (Å²) in [6, 6.07) is 20.5. The Bertz CT molecular complexity index is 923. The average molecular weight is 404 g/mol. The van der Waals surface area contributed by atoms with Crippen molar-refractivity contribution in [3.8, 4) is 11.5 Å². The lowest BCUT2D eigenvalue weighted by atomic mass is 10.2. The van der Waals surface area contributed by atoms with Gasteiger partial charge in [-0.05, 0) is 47.7 Å². The Balaban J connectivity index is 1.31. The van der Waals surface area contributed by atoms with Gasteiger partial charge in [-0.2, -0.15) is 0 Å². The zero-order valence-corrected chi connectivity index (χ0v) is 17.5. The first-order valence-corrected chi connectivity index (χ1v) is 10.6. The van der Waals surface area contributed by atoms with E-state index in [-0.39, 0.29) is 0 Å². The second-order valence-electron chi connectivity index (χ2n) is 7.58. The molecule has 0 unspecified atom stereocenters. The van der Waals surface area contributed by atoms with Gasteiger partial charge < -0.3 is 19.7 Å². The van der Waals surface area contributed by atoms with Crippen molar-refractivity contribution in [2.24, 2.45) is 0 Å². The molecule has 1 aromatic heterocycles. The molecule has 2 aromatic carbocycles. The first-order chi connectivity index (χ1) is 14.8. The van der Waals surface area contributed by atoms with E-state index < -0.39 is 0 Å². The lowest BCUT2D eigenvalue weighted by Crippen LogP contribution is -2.19. The summed E-state index contributed by atoms with van der Waals surface area (Å²) in [5.74, 6) is 2.60. The number of hydrogen-bond acceptors (Lipinski definition) is 5. The number of hydrogen-bond donors (Lipinski definition) is 1. The van der Waals surface area contributed by atoms with Gasteiger partial charge in [0.1, 0.15) is 12.4 Å². The van der Waals surface area contributed by atoms with Gasteiger partial charge in [0, 0.05) is 32.4 Å². The molecular weight excluding hydrogens is 374 g/mol. The zero-order valence-electron chi connectivity index (χ0n) is 17.5. The summed E-state index contributed by atoms with van der Waals surface area (Å²) in [5.41, 5.74) is 3.47. The fraction of sp³-hybridized carbons (Fsp3) is 0.320. The van der Waals surface area contributed by atoms with Crippen molar-refractivity contribution in [2.45, 2.75) is 32.5 Å². The average Bonchev–Trinajstić information content (AvgIpc) is 3.34. The third kappa shape index (κ3) is 5.30. The highest BCUT2D eigenvalue weighted by atomic mass is 16.5. The highest BCUT2D eigenvalue weighted by Crippen LogP contribution is 2.29. The molecule has 1 aliphatic heterocycles. The Morgan fingerprint density at radius 3 is 2.37 bits per heavy atom. The molecular formula is C25H29N3O2. The van der Waals surface area contributed by atoms with E-state index in [9.17, 15) is 0 Å². The summed E-state index contributed by atoms with van der Waals surface area (Å²) in [5, 5.41) is 3.50. The lowest BCUT2D eigenvalue weighted by molar-refractivity contribution is 0.284. The second-order valence-corrected chi connectivity index (χ2v) is 7.58. The van der Waals surface area contributed by atoms with Crippen molar-refractivity contribution < 1.29 is 9.47 Å². The van der Waals surface area contributed by atoms with Crippen LogP contribution in [0.1, 0.15) is 29.5 Å². The van der Waals surface area contributed by atoms with Gasteiger partial charge in [0.05, 0.1) is 7.11 Å². The number of methoxy groups -OCH3 is 1. The van der Waals surface area contributed by atoms with Crippen LogP contribution in [0.4, 0.5) is 5.82 Å². The minimum atomic E-state index is 0.517. The summed E-state index contributed by atoms with van der Waals surface area (Å²) in [6.07, 6.45) is 4.51. The molecule has 0 radical (unpaired) electrons. The van der Waals surface area contributed by atoms with Crippen LogP contribution in [0, 0.1) is 0 Å². The topological polar surface area (TPSA) is 46.6 Å². The van der Waals surface area contributed by atoms with E-state index in [1.165, 1.54) is 18.4 Å². The molecule has 30 heavy (non-hydrogen) atoms. The molecule has 1 saturated heterocycles. The van der Waals surface area contributed by atoms with Crippen molar-refractivity contribution in [2.75, 3.05) is 25.1 Å². The normalized spacial score (nSPS) is 13.4. The summed E-state index contributed by atoms with van der Waals surface area (Å²) in [6.45, 7) is 4.29. The van der Waals surface area contributed by atoms with Crippen molar-refractivity contribution in [3.63, 3.8) is 0 Å². The maximum Gasteiger partial charge on any atom is 0.161 e. The minimum Gasteiger partial charge on any atom is -0.493 e. The molecule has 5 nitrogen and oxygen atoms in total. The Morgan fingerprint density at radius 2 is 1.63 bits per heavy atom. The van der Waals surface area contributed by atoms with Crippen LogP contribution in [0.3, 0.4) is 0 Å². The quantitative estimate of drug-likeness (QED) is 0.568. The fourth-order valence-electron chi connectivity index (χ4n) is 3.68. The van der Waals surface area contributed by atoms with E-state index in [0.717, 1.165) is 54.6 Å². The molecule has 156 valence electrons. The molecule has 0 spiro atoms. The van der Waals surface area contributed by atoms with Crippen molar-refractivity contribution in [3.05, 3.63) is 83.6 Å². The summed E-state index contributed by atoms with van der Waals surface area (Å²) < 4.78 is 11.5. The number of rotatable bonds is 9. The third-order valence-electron chi connectivity index (χ3n) is 5.36. The lowest BCUT2D eigenvalue weighted by Gasteiger charge is -2.16. The van der Waals surface area contributed by atoms with Gasteiger partial charge in [0.15, 0.2) is 11.5 Å². The first-order valence-electron chi connectivity index (χ1n) is 10.6. The largest absolute Gasteiger partial charge is 0.493 e. The molecule has 0 amide bonds. The highest BCUT2D eigenvalue weighted by molar-refractivity contribution is 5.43. The predicted octanol–water partition coefficient (Wildman–Crippen LogP) is 4.56. The van der Waals surface area contributed by atoms with Crippen LogP contribution in [0.15, 0.2) is 66.9 Å². The molecule has 0 atom stereocenters. The zero-order chi connectivity index (χ0) is 20.6. The Hall–Kier alpha value is -3.05. The van der Waals surface area contributed by atoms with E-state index in [1.807, 2.05) is 36.5 Å². The van der Waals surface area contributed by atoms with Crippen LogP contribution >= 0.6 is 0 Å². The van der Waals surface area contributed by atoms with Gasteiger partial charge in [0.25, 0.3) is 0 Å².